The topological polar surface area (TPSA) is 17.1 Å². The van der Waals surface area contributed by atoms with Crippen molar-refractivity contribution in [3.05, 3.63) is 29.8 Å². The SMILES string of the molecule is C[Si](C)(C)c1ccc(C(=O)C(F)(F)F)cc1. The molecule has 0 aliphatic carbocycles. The maximum absolute atomic E-state index is 12.1. The van der Waals surface area contributed by atoms with Crippen molar-refractivity contribution in [3.8, 4) is 0 Å². The Labute approximate surface area is 93.3 Å². The molecule has 0 heterocycles. The van der Waals surface area contributed by atoms with Crippen molar-refractivity contribution >= 4 is 19.0 Å². The molecule has 0 saturated heterocycles. The maximum atomic E-state index is 12.1. The highest BCUT2D eigenvalue weighted by Gasteiger charge is 2.39. The van der Waals surface area contributed by atoms with E-state index in [-0.39, 0.29) is 5.56 Å². The molecule has 16 heavy (non-hydrogen) atoms. The van der Waals surface area contributed by atoms with E-state index in [1.54, 1.807) is 12.1 Å². The summed E-state index contributed by atoms with van der Waals surface area (Å²) in [7, 11) is -1.53. The van der Waals surface area contributed by atoms with Crippen LogP contribution in [-0.4, -0.2) is 20.0 Å². The summed E-state index contributed by atoms with van der Waals surface area (Å²) in [5, 5.41) is 1.03. The zero-order valence-corrected chi connectivity index (χ0v) is 10.4. The Hall–Kier alpha value is -1.10. The van der Waals surface area contributed by atoms with E-state index in [1.165, 1.54) is 12.1 Å². The molecule has 0 unspecified atom stereocenters. The molecular weight excluding hydrogens is 233 g/mol. The first-order chi connectivity index (χ1) is 7.12. The molecule has 0 fully saturated rings. The van der Waals surface area contributed by atoms with Crippen LogP contribution in [0.1, 0.15) is 10.4 Å². The van der Waals surface area contributed by atoms with Crippen LogP contribution in [0.4, 0.5) is 13.2 Å². The van der Waals surface area contributed by atoms with Crippen LogP contribution >= 0.6 is 0 Å². The lowest BCUT2D eigenvalue weighted by atomic mass is 10.1. The molecule has 1 rings (SSSR count). The molecule has 1 aromatic rings. The third kappa shape index (κ3) is 2.94. The lowest BCUT2D eigenvalue weighted by molar-refractivity contribution is -0.0885. The molecule has 1 nitrogen and oxygen atoms in total. The van der Waals surface area contributed by atoms with Crippen LogP contribution in [0.25, 0.3) is 0 Å². The van der Waals surface area contributed by atoms with Gasteiger partial charge >= 0.3 is 6.18 Å². The van der Waals surface area contributed by atoms with Gasteiger partial charge in [-0.2, -0.15) is 13.2 Å². The van der Waals surface area contributed by atoms with Crippen LogP contribution in [0, 0.1) is 0 Å². The Kier molecular flexibility index (Phi) is 3.28. The number of hydrogen-bond acceptors (Lipinski definition) is 1. The van der Waals surface area contributed by atoms with Crippen molar-refractivity contribution in [1.29, 1.82) is 0 Å². The fourth-order valence-electron chi connectivity index (χ4n) is 1.29. The molecule has 0 aliphatic heterocycles. The number of Topliss-reactive ketones (excluding diaryl/α,β-unsaturated/α-hetero) is 1. The Morgan fingerprint density at radius 1 is 1.06 bits per heavy atom. The smallest absolute Gasteiger partial charge is 0.284 e. The van der Waals surface area contributed by atoms with Crippen molar-refractivity contribution in [1.82, 2.24) is 0 Å². The molecule has 0 N–H and O–H groups in total. The van der Waals surface area contributed by atoms with Gasteiger partial charge in [-0.25, -0.2) is 0 Å². The van der Waals surface area contributed by atoms with E-state index in [9.17, 15) is 18.0 Å². The van der Waals surface area contributed by atoms with Crippen LogP contribution < -0.4 is 5.19 Å². The van der Waals surface area contributed by atoms with Gasteiger partial charge in [-0.3, -0.25) is 4.79 Å². The van der Waals surface area contributed by atoms with Crippen molar-refractivity contribution in [2.75, 3.05) is 0 Å². The summed E-state index contributed by atoms with van der Waals surface area (Å²) in [4.78, 5) is 10.9. The molecule has 0 saturated carbocycles. The van der Waals surface area contributed by atoms with E-state index in [4.69, 9.17) is 0 Å². The second-order valence-corrected chi connectivity index (χ2v) is 9.73. The van der Waals surface area contributed by atoms with E-state index >= 15 is 0 Å². The average molecular weight is 246 g/mol. The minimum absolute atomic E-state index is 0.297. The first kappa shape index (κ1) is 13.0. The summed E-state index contributed by atoms with van der Waals surface area (Å²) in [6, 6.07) is 5.74. The fourth-order valence-corrected chi connectivity index (χ4v) is 2.45. The summed E-state index contributed by atoms with van der Waals surface area (Å²) < 4.78 is 36.4. The normalized spacial score (nSPS) is 12.6. The molecule has 88 valence electrons. The summed E-state index contributed by atoms with van der Waals surface area (Å²) in [5.74, 6) is -1.78. The highest BCUT2D eigenvalue weighted by Crippen LogP contribution is 2.21. The Bertz CT molecular complexity index is 387. The van der Waals surface area contributed by atoms with Gasteiger partial charge in [0.25, 0.3) is 5.78 Å². The maximum Gasteiger partial charge on any atom is 0.454 e. The highest BCUT2D eigenvalue weighted by molar-refractivity contribution is 6.88. The molecule has 0 atom stereocenters. The van der Waals surface area contributed by atoms with Gasteiger partial charge in [0.05, 0.1) is 8.07 Å². The van der Waals surface area contributed by atoms with Gasteiger partial charge in [0.15, 0.2) is 0 Å². The minimum atomic E-state index is -4.79. The summed E-state index contributed by atoms with van der Waals surface area (Å²) in [6.07, 6.45) is -4.79. The number of benzene rings is 1. The third-order valence-corrected chi connectivity index (χ3v) is 4.34. The van der Waals surface area contributed by atoms with Crippen LogP contribution in [0.5, 0.6) is 0 Å². The quantitative estimate of drug-likeness (QED) is 0.579. The zero-order valence-electron chi connectivity index (χ0n) is 9.35. The second-order valence-electron chi connectivity index (χ2n) is 4.65. The number of carbonyl (C=O) groups is 1. The molecule has 0 amide bonds. The average Bonchev–Trinajstić information content (AvgIpc) is 2.14. The van der Waals surface area contributed by atoms with Crippen molar-refractivity contribution in [2.24, 2.45) is 0 Å². The van der Waals surface area contributed by atoms with E-state index in [1.807, 2.05) is 0 Å². The molecule has 1 aromatic carbocycles. The summed E-state index contributed by atoms with van der Waals surface area (Å²) in [5.41, 5.74) is -0.297. The molecule has 0 spiro atoms. The largest absolute Gasteiger partial charge is 0.454 e. The van der Waals surface area contributed by atoms with E-state index in [0.717, 1.165) is 5.19 Å². The van der Waals surface area contributed by atoms with E-state index in [2.05, 4.69) is 19.6 Å². The standard InChI is InChI=1S/C11H13F3OSi/c1-16(2,3)9-6-4-8(5-7-9)10(15)11(12,13)14/h4-7H,1-3H3. The van der Waals surface area contributed by atoms with Gasteiger partial charge in [0, 0.05) is 5.56 Å². The lowest BCUT2D eigenvalue weighted by Crippen LogP contribution is -2.37. The summed E-state index contributed by atoms with van der Waals surface area (Å²) in [6.45, 7) is 6.27. The number of halogens is 3. The van der Waals surface area contributed by atoms with Crippen LogP contribution in [0.2, 0.25) is 19.6 Å². The Balaban J connectivity index is 3.01. The number of carbonyl (C=O) groups excluding carboxylic acids is 1. The predicted octanol–water partition coefficient (Wildman–Crippen LogP) is 2.98. The first-order valence-corrected chi connectivity index (χ1v) is 8.34. The van der Waals surface area contributed by atoms with Gasteiger partial charge in [-0.15, -0.1) is 0 Å². The van der Waals surface area contributed by atoms with Crippen LogP contribution in [0.3, 0.4) is 0 Å². The van der Waals surface area contributed by atoms with Crippen LogP contribution in [0.15, 0.2) is 24.3 Å². The third-order valence-electron chi connectivity index (χ3n) is 2.27. The fraction of sp³-hybridized carbons (Fsp3) is 0.364. The number of rotatable bonds is 2. The summed E-state index contributed by atoms with van der Waals surface area (Å²) >= 11 is 0. The van der Waals surface area contributed by atoms with Crippen molar-refractivity contribution in [2.45, 2.75) is 25.8 Å². The number of hydrogen-bond donors (Lipinski definition) is 0. The van der Waals surface area contributed by atoms with Crippen LogP contribution in [-0.2, 0) is 0 Å². The molecule has 5 heteroatoms. The number of ketones is 1. The lowest BCUT2D eigenvalue weighted by Gasteiger charge is -2.16. The molecular formula is C11H13F3OSi. The number of alkyl halides is 3. The van der Waals surface area contributed by atoms with E-state index in [0.29, 0.717) is 0 Å². The first-order valence-electron chi connectivity index (χ1n) is 4.84. The predicted molar refractivity (Wildman–Crippen MR) is 59.8 cm³/mol. The minimum Gasteiger partial charge on any atom is -0.284 e. The van der Waals surface area contributed by atoms with Crippen molar-refractivity contribution in [3.63, 3.8) is 0 Å². The van der Waals surface area contributed by atoms with E-state index < -0.39 is 20.0 Å². The Morgan fingerprint density at radius 3 is 1.81 bits per heavy atom. The van der Waals surface area contributed by atoms with Gasteiger partial charge < -0.3 is 0 Å². The molecule has 0 aliphatic rings. The van der Waals surface area contributed by atoms with Gasteiger partial charge in [0.2, 0.25) is 0 Å². The van der Waals surface area contributed by atoms with Gasteiger partial charge in [-0.05, 0) is 0 Å². The zero-order chi connectivity index (χ0) is 12.6. The van der Waals surface area contributed by atoms with Gasteiger partial charge in [0.1, 0.15) is 0 Å². The van der Waals surface area contributed by atoms with Gasteiger partial charge in [-0.1, -0.05) is 49.1 Å². The van der Waals surface area contributed by atoms with Crippen molar-refractivity contribution < 1.29 is 18.0 Å². The molecule has 0 radical (unpaired) electrons. The molecule has 0 bridgehead atoms. The Morgan fingerprint density at radius 2 is 1.50 bits per heavy atom. The molecule has 0 aromatic heterocycles. The highest BCUT2D eigenvalue weighted by atomic mass is 28.3. The second kappa shape index (κ2) is 4.05. The monoisotopic (exact) mass is 246 g/mol.